The average molecular weight is 371 g/mol. The van der Waals surface area contributed by atoms with E-state index in [9.17, 15) is 14.9 Å². The Labute approximate surface area is 133 Å². The SMILES string of the molecule is CC(=O)c1cc(Br)ccc1Oc1cc([N+](=O)[O-])ccc1Cl. The maximum absolute atomic E-state index is 11.6. The molecule has 0 aromatic heterocycles. The van der Waals surface area contributed by atoms with Gasteiger partial charge in [0.05, 0.1) is 21.6 Å². The summed E-state index contributed by atoms with van der Waals surface area (Å²) in [6, 6.07) is 8.78. The first-order valence-corrected chi connectivity index (χ1v) is 6.98. The number of halogens is 2. The summed E-state index contributed by atoms with van der Waals surface area (Å²) in [6.07, 6.45) is 0. The van der Waals surface area contributed by atoms with Crippen LogP contribution in [-0.2, 0) is 0 Å². The lowest BCUT2D eigenvalue weighted by Gasteiger charge is -2.11. The van der Waals surface area contributed by atoms with Gasteiger partial charge in [-0.05, 0) is 31.2 Å². The van der Waals surface area contributed by atoms with E-state index >= 15 is 0 Å². The van der Waals surface area contributed by atoms with Crippen molar-refractivity contribution in [3.63, 3.8) is 0 Å². The van der Waals surface area contributed by atoms with Crippen LogP contribution in [-0.4, -0.2) is 10.7 Å². The zero-order valence-electron chi connectivity index (χ0n) is 10.8. The van der Waals surface area contributed by atoms with E-state index in [1.165, 1.54) is 25.1 Å². The first-order chi connectivity index (χ1) is 9.88. The van der Waals surface area contributed by atoms with E-state index in [2.05, 4.69) is 15.9 Å². The van der Waals surface area contributed by atoms with Crippen LogP contribution in [0.4, 0.5) is 5.69 Å². The molecule has 0 fully saturated rings. The Morgan fingerprint density at radius 2 is 1.95 bits per heavy atom. The summed E-state index contributed by atoms with van der Waals surface area (Å²) in [5.74, 6) is 0.219. The van der Waals surface area contributed by atoms with Crippen LogP contribution in [0.3, 0.4) is 0 Å². The molecule has 108 valence electrons. The van der Waals surface area contributed by atoms with E-state index in [4.69, 9.17) is 16.3 Å². The van der Waals surface area contributed by atoms with Crippen molar-refractivity contribution in [1.82, 2.24) is 0 Å². The Hall–Kier alpha value is -1.92. The van der Waals surface area contributed by atoms with Crippen LogP contribution in [0.25, 0.3) is 0 Å². The van der Waals surface area contributed by atoms with Crippen molar-refractivity contribution >= 4 is 39.0 Å². The standard InChI is InChI=1S/C14H9BrClNO4/c1-8(18)11-6-9(15)2-5-13(11)21-14-7-10(17(19)20)3-4-12(14)16/h2-7H,1H3. The lowest BCUT2D eigenvalue weighted by molar-refractivity contribution is -0.384. The summed E-state index contributed by atoms with van der Waals surface area (Å²) in [4.78, 5) is 21.9. The minimum Gasteiger partial charge on any atom is -0.455 e. The molecule has 2 aromatic carbocycles. The second-order valence-electron chi connectivity index (χ2n) is 4.17. The monoisotopic (exact) mass is 369 g/mol. The van der Waals surface area contributed by atoms with E-state index in [1.807, 2.05) is 0 Å². The maximum atomic E-state index is 11.6. The molecule has 21 heavy (non-hydrogen) atoms. The van der Waals surface area contributed by atoms with Crippen molar-refractivity contribution in [2.24, 2.45) is 0 Å². The van der Waals surface area contributed by atoms with E-state index in [-0.39, 0.29) is 28.0 Å². The Balaban J connectivity index is 2.45. The quantitative estimate of drug-likeness (QED) is 0.431. The zero-order chi connectivity index (χ0) is 15.6. The number of benzene rings is 2. The van der Waals surface area contributed by atoms with Crippen molar-refractivity contribution in [1.29, 1.82) is 0 Å². The van der Waals surface area contributed by atoms with Gasteiger partial charge in [-0.3, -0.25) is 14.9 Å². The number of Topliss-reactive ketones (excluding diaryl/α,β-unsaturated/α-hetero) is 1. The molecule has 2 aromatic rings. The van der Waals surface area contributed by atoms with Crippen LogP contribution in [0.15, 0.2) is 40.9 Å². The highest BCUT2D eigenvalue weighted by molar-refractivity contribution is 9.10. The number of carbonyl (C=O) groups excluding carboxylic acids is 1. The summed E-state index contributed by atoms with van der Waals surface area (Å²) in [5.41, 5.74) is 0.211. The molecule has 0 aliphatic rings. The largest absolute Gasteiger partial charge is 0.455 e. The fraction of sp³-hybridized carbons (Fsp3) is 0.0714. The van der Waals surface area contributed by atoms with Crippen molar-refractivity contribution in [3.05, 3.63) is 61.6 Å². The maximum Gasteiger partial charge on any atom is 0.273 e. The molecule has 2 rings (SSSR count). The number of ketones is 1. The third kappa shape index (κ3) is 3.59. The van der Waals surface area contributed by atoms with Gasteiger partial charge >= 0.3 is 0 Å². The van der Waals surface area contributed by atoms with Crippen molar-refractivity contribution in [2.45, 2.75) is 6.92 Å². The van der Waals surface area contributed by atoms with Gasteiger partial charge in [-0.25, -0.2) is 0 Å². The summed E-state index contributed by atoms with van der Waals surface area (Å²) in [7, 11) is 0. The van der Waals surface area contributed by atoms with Crippen LogP contribution >= 0.6 is 27.5 Å². The second-order valence-corrected chi connectivity index (χ2v) is 5.49. The van der Waals surface area contributed by atoms with E-state index < -0.39 is 4.92 Å². The molecule has 0 atom stereocenters. The Morgan fingerprint density at radius 1 is 1.24 bits per heavy atom. The summed E-state index contributed by atoms with van der Waals surface area (Å²) in [5, 5.41) is 11.0. The minimum atomic E-state index is -0.545. The molecule has 0 spiro atoms. The molecule has 0 unspecified atom stereocenters. The number of hydrogen-bond acceptors (Lipinski definition) is 4. The van der Waals surface area contributed by atoms with Crippen LogP contribution in [0.2, 0.25) is 5.02 Å². The second kappa shape index (κ2) is 6.24. The van der Waals surface area contributed by atoms with Gasteiger partial charge in [-0.1, -0.05) is 27.5 Å². The Kier molecular flexibility index (Phi) is 4.59. The summed E-state index contributed by atoms with van der Waals surface area (Å²) in [6.45, 7) is 1.41. The fourth-order valence-corrected chi connectivity index (χ4v) is 2.19. The molecule has 0 aliphatic carbocycles. The van der Waals surface area contributed by atoms with Crippen molar-refractivity contribution < 1.29 is 14.5 Å². The van der Waals surface area contributed by atoms with Crippen molar-refractivity contribution in [2.75, 3.05) is 0 Å². The number of ether oxygens (including phenoxy) is 1. The molecule has 0 bridgehead atoms. The van der Waals surface area contributed by atoms with Gasteiger partial charge in [0.2, 0.25) is 0 Å². The lowest BCUT2D eigenvalue weighted by atomic mass is 10.1. The first-order valence-electron chi connectivity index (χ1n) is 5.81. The predicted molar refractivity (Wildman–Crippen MR) is 82.3 cm³/mol. The normalized spacial score (nSPS) is 10.2. The predicted octanol–water partition coefficient (Wildman–Crippen LogP) is 5.01. The Morgan fingerprint density at radius 3 is 2.57 bits per heavy atom. The van der Waals surface area contributed by atoms with Crippen LogP contribution < -0.4 is 4.74 Å². The van der Waals surface area contributed by atoms with Gasteiger partial charge in [0.1, 0.15) is 5.75 Å². The number of hydrogen-bond donors (Lipinski definition) is 0. The average Bonchev–Trinajstić information content (AvgIpc) is 2.42. The molecule has 5 nitrogen and oxygen atoms in total. The number of nitro benzene ring substituents is 1. The molecule has 0 saturated heterocycles. The zero-order valence-corrected chi connectivity index (χ0v) is 13.1. The molecule has 7 heteroatoms. The highest BCUT2D eigenvalue weighted by Crippen LogP contribution is 2.35. The highest BCUT2D eigenvalue weighted by Gasteiger charge is 2.15. The van der Waals surface area contributed by atoms with E-state index in [1.54, 1.807) is 18.2 Å². The molecule has 0 heterocycles. The topological polar surface area (TPSA) is 69.4 Å². The van der Waals surface area contributed by atoms with Crippen LogP contribution in [0, 0.1) is 10.1 Å². The minimum absolute atomic E-state index is 0.121. The number of nitrogens with zero attached hydrogens (tertiary/aromatic N) is 1. The highest BCUT2D eigenvalue weighted by atomic mass is 79.9. The molecule has 0 aliphatic heterocycles. The van der Waals surface area contributed by atoms with E-state index in [0.717, 1.165) is 4.47 Å². The van der Waals surface area contributed by atoms with Gasteiger partial charge in [0.15, 0.2) is 11.5 Å². The van der Waals surface area contributed by atoms with Gasteiger partial charge in [-0.2, -0.15) is 0 Å². The van der Waals surface area contributed by atoms with Crippen LogP contribution in [0.1, 0.15) is 17.3 Å². The number of nitro groups is 1. The first kappa shape index (κ1) is 15.5. The number of carbonyl (C=O) groups is 1. The molecular weight excluding hydrogens is 362 g/mol. The lowest BCUT2D eigenvalue weighted by Crippen LogP contribution is -1.98. The van der Waals surface area contributed by atoms with E-state index in [0.29, 0.717) is 5.56 Å². The van der Waals surface area contributed by atoms with Gasteiger partial charge in [0.25, 0.3) is 5.69 Å². The molecule has 0 radical (unpaired) electrons. The summed E-state index contributed by atoms with van der Waals surface area (Å²) < 4.78 is 6.30. The smallest absolute Gasteiger partial charge is 0.273 e. The van der Waals surface area contributed by atoms with Gasteiger partial charge in [-0.15, -0.1) is 0 Å². The molecule has 0 saturated carbocycles. The number of rotatable bonds is 4. The number of non-ortho nitro benzene ring substituents is 1. The van der Waals surface area contributed by atoms with Crippen LogP contribution in [0.5, 0.6) is 11.5 Å². The van der Waals surface area contributed by atoms with Gasteiger partial charge < -0.3 is 4.74 Å². The molecule has 0 amide bonds. The molecular formula is C14H9BrClNO4. The summed E-state index contributed by atoms with van der Waals surface area (Å²) >= 11 is 9.24. The molecule has 0 N–H and O–H groups in total. The fourth-order valence-electron chi connectivity index (χ4n) is 1.67. The third-order valence-electron chi connectivity index (χ3n) is 2.67. The Bertz CT molecular complexity index is 733. The van der Waals surface area contributed by atoms with Gasteiger partial charge in [0, 0.05) is 10.5 Å². The van der Waals surface area contributed by atoms with Crippen molar-refractivity contribution in [3.8, 4) is 11.5 Å². The third-order valence-corrected chi connectivity index (χ3v) is 3.47.